The molecule has 0 aromatic heterocycles. The Labute approximate surface area is 300 Å². The Hall–Kier alpha value is -4.38. The van der Waals surface area contributed by atoms with Crippen molar-refractivity contribution in [1.82, 2.24) is 15.1 Å². The number of nitrogens with zero attached hydrogens (tertiary/aromatic N) is 2. The monoisotopic (exact) mass is 691 g/mol. The highest BCUT2D eigenvalue weighted by atomic mass is 16.7. The largest absolute Gasteiger partial charge is 0.481 e. The molecule has 3 atom stereocenters. The van der Waals surface area contributed by atoms with Gasteiger partial charge in [-0.2, -0.15) is 0 Å². The van der Waals surface area contributed by atoms with E-state index >= 15 is 0 Å². The van der Waals surface area contributed by atoms with E-state index in [9.17, 15) is 14.7 Å². The molecule has 9 heteroatoms. The van der Waals surface area contributed by atoms with E-state index in [1.807, 2.05) is 42.5 Å². The van der Waals surface area contributed by atoms with Crippen molar-refractivity contribution in [2.75, 3.05) is 32.7 Å². The molecule has 4 aromatic carbocycles. The van der Waals surface area contributed by atoms with Crippen LogP contribution in [0.5, 0.6) is 0 Å². The van der Waals surface area contributed by atoms with E-state index in [1.54, 1.807) is 0 Å². The van der Waals surface area contributed by atoms with Crippen LogP contribution in [0.1, 0.15) is 72.3 Å². The number of carboxylic acid groups (broad SMARTS) is 1. The smallest absolute Gasteiger partial charge is 0.303 e. The maximum Gasteiger partial charge on any atom is 0.303 e. The first-order valence-electron chi connectivity index (χ1n) is 18.1. The number of carboxylic acids is 1. The summed E-state index contributed by atoms with van der Waals surface area (Å²) in [5.74, 6) is -0.921. The van der Waals surface area contributed by atoms with Gasteiger partial charge in [-0.05, 0) is 46.2 Å². The topological polar surface area (TPSA) is 112 Å². The number of benzene rings is 4. The minimum absolute atomic E-state index is 0.00681. The van der Waals surface area contributed by atoms with Crippen LogP contribution in [0, 0.1) is 0 Å². The predicted octanol–water partition coefficient (Wildman–Crippen LogP) is 6.47. The second-order valence-electron chi connectivity index (χ2n) is 13.6. The van der Waals surface area contributed by atoms with Crippen LogP contribution in [0.4, 0.5) is 0 Å². The van der Waals surface area contributed by atoms with Crippen molar-refractivity contribution in [2.45, 2.75) is 70.3 Å². The van der Waals surface area contributed by atoms with Gasteiger partial charge in [-0.15, -0.1) is 0 Å². The number of aliphatic carboxylic acids is 1. The Balaban J connectivity index is 1.10. The highest BCUT2D eigenvalue weighted by molar-refractivity contribution is 5.76. The van der Waals surface area contributed by atoms with Crippen molar-refractivity contribution in [3.63, 3.8) is 0 Å². The van der Waals surface area contributed by atoms with E-state index in [-0.39, 0.29) is 31.1 Å². The van der Waals surface area contributed by atoms with Gasteiger partial charge in [-0.3, -0.25) is 19.4 Å². The molecule has 2 aliphatic rings. The molecule has 4 aromatic rings. The number of aliphatic hydroxyl groups is 1. The lowest BCUT2D eigenvalue weighted by atomic mass is 9.97. The zero-order valence-corrected chi connectivity index (χ0v) is 29.2. The van der Waals surface area contributed by atoms with Gasteiger partial charge in [0.2, 0.25) is 5.91 Å². The Kier molecular flexibility index (Phi) is 13.0. The van der Waals surface area contributed by atoms with Crippen molar-refractivity contribution in [1.29, 1.82) is 0 Å². The van der Waals surface area contributed by atoms with Gasteiger partial charge in [0.05, 0.1) is 18.8 Å². The van der Waals surface area contributed by atoms with Gasteiger partial charge in [-0.1, -0.05) is 103 Å². The normalized spacial score (nSPS) is 19.8. The third-order valence-corrected chi connectivity index (χ3v) is 9.82. The molecule has 0 spiro atoms. The number of ether oxygens (including phenoxy) is 2. The predicted molar refractivity (Wildman–Crippen MR) is 196 cm³/mol. The lowest BCUT2D eigenvalue weighted by Crippen LogP contribution is -2.49. The van der Waals surface area contributed by atoms with Crippen LogP contribution < -0.4 is 5.32 Å². The fraction of sp³-hybridized carbons (Fsp3) is 0.381. The fourth-order valence-corrected chi connectivity index (χ4v) is 6.91. The van der Waals surface area contributed by atoms with Crippen LogP contribution >= 0.6 is 0 Å². The molecule has 2 saturated heterocycles. The number of carbonyl (C=O) groups excluding carboxylic acids is 1. The quantitative estimate of drug-likeness (QED) is 0.122. The average Bonchev–Trinajstić information content (AvgIpc) is 3.17. The summed E-state index contributed by atoms with van der Waals surface area (Å²) in [4.78, 5) is 28.2. The standard InChI is InChI=1S/C42H49N3O6/c46-30-32-14-16-34(17-15-32)39-26-37(29-45-24-22-44(23-25-45)28-31-8-2-1-3-9-31)50-42(51-39)35-20-18-33(19-21-35)38-11-5-4-10-36(38)27-43-40(47)12-6-7-13-41(48)49/h1-5,8-11,14-21,37,39,42,46H,6-7,12-13,22-30H2,(H,43,47)(H,48,49). The van der Waals surface area contributed by atoms with Gasteiger partial charge >= 0.3 is 5.97 Å². The first-order valence-corrected chi connectivity index (χ1v) is 18.1. The minimum atomic E-state index is -0.839. The minimum Gasteiger partial charge on any atom is -0.481 e. The summed E-state index contributed by atoms with van der Waals surface area (Å²) >= 11 is 0. The van der Waals surface area contributed by atoms with Crippen molar-refractivity contribution in [3.8, 4) is 11.1 Å². The molecule has 0 bridgehead atoms. The van der Waals surface area contributed by atoms with Gasteiger partial charge in [0.15, 0.2) is 6.29 Å². The SMILES string of the molecule is O=C(O)CCCCC(=O)NCc1ccccc1-c1ccc(C2OC(CN3CCN(Cc4ccccc4)CC3)CC(c3ccc(CO)cc3)O2)cc1. The van der Waals surface area contributed by atoms with Crippen LogP contribution in [0.25, 0.3) is 11.1 Å². The Morgan fingerprint density at radius 2 is 1.39 bits per heavy atom. The van der Waals surface area contributed by atoms with E-state index in [0.29, 0.717) is 25.8 Å². The number of nitrogens with one attached hydrogen (secondary N) is 1. The Morgan fingerprint density at radius 1 is 0.725 bits per heavy atom. The van der Waals surface area contributed by atoms with Crippen LogP contribution in [-0.2, 0) is 38.8 Å². The summed E-state index contributed by atoms with van der Waals surface area (Å²) in [6, 6.07) is 35.0. The Morgan fingerprint density at radius 3 is 2.12 bits per heavy atom. The molecule has 2 heterocycles. The molecular weight excluding hydrogens is 642 g/mol. The zero-order valence-electron chi connectivity index (χ0n) is 29.2. The van der Waals surface area contributed by atoms with Gasteiger partial charge in [0.1, 0.15) is 0 Å². The number of piperazine rings is 1. The van der Waals surface area contributed by atoms with Crippen molar-refractivity contribution in [2.24, 2.45) is 0 Å². The van der Waals surface area contributed by atoms with E-state index in [1.165, 1.54) is 5.56 Å². The van der Waals surface area contributed by atoms with Crippen molar-refractivity contribution >= 4 is 11.9 Å². The molecule has 6 rings (SSSR count). The van der Waals surface area contributed by atoms with E-state index in [4.69, 9.17) is 14.6 Å². The first kappa shape index (κ1) is 36.4. The molecule has 1 amide bonds. The number of rotatable bonds is 15. The molecule has 2 fully saturated rings. The summed E-state index contributed by atoms with van der Waals surface area (Å²) in [6.45, 7) is 6.24. The van der Waals surface area contributed by atoms with Gasteiger partial charge in [0, 0.05) is 70.6 Å². The summed E-state index contributed by atoms with van der Waals surface area (Å²) in [5.41, 5.74) is 7.31. The molecule has 268 valence electrons. The van der Waals surface area contributed by atoms with Crippen LogP contribution in [-0.4, -0.2) is 70.7 Å². The summed E-state index contributed by atoms with van der Waals surface area (Å²) in [6.07, 6.45) is 1.48. The number of aliphatic hydroxyl groups excluding tert-OH is 1. The van der Waals surface area contributed by atoms with E-state index in [0.717, 1.165) is 79.1 Å². The van der Waals surface area contributed by atoms with Crippen molar-refractivity contribution < 1.29 is 29.3 Å². The maximum absolute atomic E-state index is 12.4. The molecule has 3 N–H and O–H groups in total. The van der Waals surface area contributed by atoms with Gasteiger partial charge < -0.3 is 25.0 Å². The average molecular weight is 692 g/mol. The summed E-state index contributed by atoms with van der Waals surface area (Å²) < 4.78 is 13.3. The summed E-state index contributed by atoms with van der Waals surface area (Å²) in [5, 5.41) is 21.4. The Bertz CT molecular complexity index is 1690. The first-order chi connectivity index (χ1) is 24.9. The molecule has 51 heavy (non-hydrogen) atoms. The van der Waals surface area contributed by atoms with E-state index < -0.39 is 12.3 Å². The fourth-order valence-electron chi connectivity index (χ4n) is 6.91. The summed E-state index contributed by atoms with van der Waals surface area (Å²) in [7, 11) is 0. The molecule has 9 nitrogen and oxygen atoms in total. The van der Waals surface area contributed by atoms with Crippen molar-refractivity contribution in [3.05, 3.63) is 131 Å². The lowest BCUT2D eigenvalue weighted by Gasteiger charge is -2.40. The third-order valence-electron chi connectivity index (χ3n) is 9.82. The molecule has 2 aliphatic heterocycles. The number of carbonyl (C=O) groups is 2. The van der Waals surface area contributed by atoms with Crippen LogP contribution in [0.2, 0.25) is 0 Å². The maximum atomic E-state index is 12.4. The number of hydrogen-bond donors (Lipinski definition) is 3. The molecular formula is C42H49N3O6. The zero-order chi connectivity index (χ0) is 35.4. The van der Waals surface area contributed by atoms with Gasteiger partial charge in [0.25, 0.3) is 0 Å². The number of unbranched alkanes of at least 4 members (excludes halogenated alkanes) is 1. The number of hydrogen-bond acceptors (Lipinski definition) is 7. The lowest BCUT2D eigenvalue weighted by molar-refractivity contribution is -0.253. The highest BCUT2D eigenvalue weighted by Crippen LogP contribution is 2.39. The van der Waals surface area contributed by atoms with Gasteiger partial charge in [-0.25, -0.2) is 0 Å². The molecule has 0 aliphatic carbocycles. The van der Waals surface area contributed by atoms with Crippen LogP contribution in [0.15, 0.2) is 103 Å². The molecule has 3 unspecified atom stereocenters. The van der Waals surface area contributed by atoms with Crippen LogP contribution in [0.3, 0.4) is 0 Å². The molecule has 0 saturated carbocycles. The second kappa shape index (κ2) is 18.2. The second-order valence-corrected chi connectivity index (χ2v) is 13.6. The number of amides is 1. The van der Waals surface area contributed by atoms with E-state index in [2.05, 4.69) is 75.8 Å². The molecule has 0 radical (unpaired) electrons. The third kappa shape index (κ3) is 10.6. The highest BCUT2D eigenvalue weighted by Gasteiger charge is 2.34.